The Balaban J connectivity index is 1.46. The van der Waals surface area contributed by atoms with Crippen molar-refractivity contribution in [1.29, 1.82) is 0 Å². The summed E-state index contributed by atoms with van der Waals surface area (Å²) in [6.07, 6.45) is 0.865. The first-order chi connectivity index (χ1) is 16.9. The van der Waals surface area contributed by atoms with Gasteiger partial charge in [-0.2, -0.15) is 0 Å². The number of hydrogen-bond acceptors (Lipinski definition) is 4. The van der Waals surface area contributed by atoms with Gasteiger partial charge in [-0.3, -0.25) is 14.4 Å². The topological polar surface area (TPSA) is 99.3 Å². The fraction of sp³-hybridized carbons (Fsp3) is 0.250. The molecule has 0 aliphatic carbocycles. The average molecular weight is 473 g/mol. The van der Waals surface area contributed by atoms with Crippen LogP contribution in [-0.4, -0.2) is 30.3 Å². The third-order valence-corrected chi connectivity index (χ3v) is 5.67. The molecule has 2 atom stereocenters. The number of amides is 3. The van der Waals surface area contributed by atoms with Crippen LogP contribution in [-0.2, 0) is 4.79 Å². The molecule has 182 valence electrons. The van der Waals surface area contributed by atoms with Crippen molar-refractivity contribution in [3.05, 3.63) is 95.6 Å². The van der Waals surface area contributed by atoms with Crippen LogP contribution in [0.1, 0.15) is 59.5 Å². The standard InChI is InChI=1S/C28H32N4O3/c1-4-19(2)30-27(34)22-10-14-24(15-11-22)29-18-26(33)32-25-16-12-23(13-17-25)28(35)31-20(3)21-8-6-5-7-9-21/h5-17,19-20,29H,4,18H2,1-3H3,(H,30,34)(H,31,35)(H,32,33). The van der Waals surface area contributed by atoms with E-state index in [1.54, 1.807) is 48.5 Å². The lowest BCUT2D eigenvalue weighted by Gasteiger charge is -2.14. The first-order valence-corrected chi connectivity index (χ1v) is 11.8. The van der Waals surface area contributed by atoms with Gasteiger partial charge in [0.15, 0.2) is 0 Å². The summed E-state index contributed by atoms with van der Waals surface area (Å²) < 4.78 is 0. The minimum Gasteiger partial charge on any atom is -0.376 e. The van der Waals surface area contributed by atoms with Crippen molar-refractivity contribution >= 4 is 29.1 Å². The van der Waals surface area contributed by atoms with Crippen LogP contribution < -0.4 is 21.3 Å². The van der Waals surface area contributed by atoms with E-state index in [1.807, 2.05) is 51.1 Å². The van der Waals surface area contributed by atoms with Crippen molar-refractivity contribution in [2.24, 2.45) is 0 Å². The minimum absolute atomic E-state index is 0.0647. The Morgan fingerprint density at radius 1 is 0.714 bits per heavy atom. The van der Waals surface area contributed by atoms with Gasteiger partial charge in [0, 0.05) is 28.5 Å². The van der Waals surface area contributed by atoms with Crippen LogP contribution >= 0.6 is 0 Å². The molecule has 2 unspecified atom stereocenters. The van der Waals surface area contributed by atoms with Gasteiger partial charge in [-0.25, -0.2) is 0 Å². The van der Waals surface area contributed by atoms with Crippen LogP contribution in [0.3, 0.4) is 0 Å². The van der Waals surface area contributed by atoms with Crippen molar-refractivity contribution in [2.45, 2.75) is 39.3 Å². The maximum Gasteiger partial charge on any atom is 0.251 e. The van der Waals surface area contributed by atoms with Crippen LogP contribution in [0.15, 0.2) is 78.9 Å². The summed E-state index contributed by atoms with van der Waals surface area (Å²) in [6, 6.07) is 23.5. The van der Waals surface area contributed by atoms with E-state index in [1.165, 1.54) is 0 Å². The maximum absolute atomic E-state index is 12.5. The summed E-state index contributed by atoms with van der Waals surface area (Å²) in [6.45, 7) is 5.97. The zero-order chi connectivity index (χ0) is 25.2. The van der Waals surface area contributed by atoms with Gasteiger partial charge in [0.1, 0.15) is 0 Å². The highest BCUT2D eigenvalue weighted by atomic mass is 16.2. The van der Waals surface area contributed by atoms with Crippen LogP contribution in [0, 0.1) is 0 Å². The minimum atomic E-state index is -0.224. The van der Waals surface area contributed by atoms with Gasteiger partial charge in [0.05, 0.1) is 12.6 Å². The predicted molar refractivity (Wildman–Crippen MR) is 140 cm³/mol. The van der Waals surface area contributed by atoms with E-state index in [0.717, 1.165) is 17.7 Å². The summed E-state index contributed by atoms with van der Waals surface area (Å²) in [5.41, 5.74) is 3.45. The van der Waals surface area contributed by atoms with Crippen molar-refractivity contribution in [3.8, 4) is 0 Å². The molecule has 0 saturated carbocycles. The van der Waals surface area contributed by atoms with Crippen LogP contribution in [0.5, 0.6) is 0 Å². The number of anilines is 2. The van der Waals surface area contributed by atoms with Crippen LogP contribution in [0.25, 0.3) is 0 Å². The largest absolute Gasteiger partial charge is 0.376 e. The molecule has 3 amide bonds. The Kier molecular flexibility index (Phi) is 9.01. The molecule has 3 rings (SSSR count). The van der Waals surface area contributed by atoms with E-state index < -0.39 is 0 Å². The molecule has 4 N–H and O–H groups in total. The van der Waals surface area contributed by atoms with E-state index in [4.69, 9.17) is 0 Å². The zero-order valence-electron chi connectivity index (χ0n) is 20.3. The highest BCUT2D eigenvalue weighted by Crippen LogP contribution is 2.15. The van der Waals surface area contributed by atoms with E-state index in [2.05, 4.69) is 21.3 Å². The Morgan fingerprint density at radius 2 is 1.26 bits per heavy atom. The van der Waals surface area contributed by atoms with Crippen molar-refractivity contribution in [2.75, 3.05) is 17.2 Å². The Labute approximate surface area is 206 Å². The molecular formula is C28H32N4O3. The summed E-state index contributed by atoms with van der Waals surface area (Å²) in [5, 5.41) is 11.7. The molecule has 3 aromatic carbocycles. The molecule has 3 aromatic rings. The van der Waals surface area contributed by atoms with Gasteiger partial charge >= 0.3 is 0 Å². The van der Waals surface area contributed by atoms with Gasteiger partial charge in [-0.05, 0) is 74.4 Å². The Hall–Kier alpha value is -4.13. The smallest absolute Gasteiger partial charge is 0.251 e. The van der Waals surface area contributed by atoms with Crippen molar-refractivity contribution in [3.63, 3.8) is 0 Å². The molecule has 0 aromatic heterocycles. The summed E-state index contributed by atoms with van der Waals surface area (Å²) >= 11 is 0. The van der Waals surface area contributed by atoms with Gasteiger partial charge in [0.2, 0.25) is 5.91 Å². The molecule has 0 aliphatic heterocycles. The monoisotopic (exact) mass is 472 g/mol. The van der Waals surface area contributed by atoms with Crippen molar-refractivity contribution < 1.29 is 14.4 Å². The number of hydrogen-bond donors (Lipinski definition) is 4. The average Bonchev–Trinajstić information content (AvgIpc) is 2.88. The highest BCUT2D eigenvalue weighted by Gasteiger charge is 2.12. The molecular weight excluding hydrogens is 440 g/mol. The fourth-order valence-corrected chi connectivity index (χ4v) is 3.35. The second-order valence-corrected chi connectivity index (χ2v) is 8.45. The predicted octanol–water partition coefficient (Wildman–Crippen LogP) is 4.76. The molecule has 0 bridgehead atoms. The Morgan fingerprint density at radius 3 is 1.83 bits per heavy atom. The molecule has 7 heteroatoms. The van der Waals surface area contributed by atoms with Crippen molar-refractivity contribution in [1.82, 2.24) is 10.6 Å². The number of nitrogens with one attached hydrogen (secondary N) is 4. The Bertz CT molecular complexity index is 1130. The second kappa shape index (κ2) is 12.4. The summed E-state index contributed by atoms with van der Waals surface area (Å²) in [7, 11) is 0. The second-order valence-electron chi connectivity index (χ2n) is 8.45. The molecule has 0 aliphatic rings. The SMILES string of the molecule is CCC(C)NC(=O)c1ccc(NCC(=O)Nc2ccc(C(=O)NC(C)c3ccccc3)cc2)cc1. The van der Waals surface area contributed by atoms with E-state index >= 15 is 0 Å². The molecule has 0 fully saturated rings. The first-order valence-electron chi connectivity index (χ1n) is 11.8. The lowest BCUT2D eigenvalue weighted by atomic mass is 10.1. The maximum atomic E-state index is 12.5. The normalized spacial score (nSPS) is 12.2. The molecule has 0 radical (unpaired) electrons. The van der Waals surface area contributed by atoms with Crippen LogP contribution in [0.4, 0.5) is 11.4 Å². The summed E-state index contributed by atoms with van der Waals surface area (Å²) in [4.78, 5) is 37.0. The summed E-state index contributed by atoms with van der Waals surface area (Å²) in [5.74, 6) is -0.518. The molecule has 0 heterocycles. The number of carbonyl (C=O) groups is 3. The fourth-order valence-electron chi connectivity index (χ4n) is 3.35. The molecule has 0 saturated heterocycles. The number of carbonyl (C=O) groups excluding carboxylic acids is 3. The first kappa shape index (κ1) is 25.5. The number of rotatable bonds is 10. The van der Waals surface area contributed by atoms with Gasteiger partial charge in [-0.1, -0.05) is 37.3 Å². The highest BCUT2D eigenvalue weighted by molar-refractivity contribution is 5.97. The van der Waals surface area contributed by atoms with E-state index in [-0.39, 0.29) is 36.3 Å². The molecule has 0 spiro atoms. The third kappa shape index (κ3) is 7.71. The van der Waals surface area contributed by atoms with E-state index in [0.29, 0.717) is 16.8 Å². The zero-order valence-corrected chi connectivity index (χ0v) is 20.3. The van der Waals surface area contributed by atoms with Gasteiger partial charge in [0.25, 0.3) is 11.8 Å². The van der Waals surface area contributed by atoms with E-state index in [9.17, 15) is 14.4 Å². The quantitative estimate of drug-likeness (QED) is 0.342. The lowest BCUT2D eigenvalue weighted by molar-refractivity contribution is -0.114. The molecule has 35 heavy (non-hydrogen) atoms. The lowest BCUT2D eigenvalue weighted by Crippen LogP contribution is -2.31. The third-order valence-electron chi connectivity index (χ3n) is 5.67. The number of benzene rings is 3. The van der Waals surface area contributed by atoms with Gasteiger partial charge in [-0.15, -0.1) is 0 Å². The molecule has 7 nitrogen and oxygen atoms in total. The van der Waals surface area contributed by atoms with Gasteiger partial charge < -0.3 is 21.3 Å². The van der Waals surface area contributed by atoms with Crippen LogP contribution in [0.2, 0.25) is 0 Å².